The quantitative estimate of drug-likeness (QED) is 0.247. The molecule has 7 nitrogen and oxygen atoms in total. The van der Waals surface area contributed by atoms with Gasteiger partial charge in [0.1, 0.15) is 11.5 Å². The van der Waals surface area contributed by atoms with Crippen LogP contribution in [-0.4, -0.2) is 29.9 Å². The van der Waals surface area contributed by atoms with E-state index in [1.165, 1.54) is 0 Å². The molecule has 8 heteroatoms. The minimum absolute atomic E-state index is 0.251. The highest BCUT2D eigenvalue weighted by Gasteiger charge is 2.35. The Morgan fingerprint density at radius 1 is 0.919 bits per heavy atom. The van der Waals surface area contributed by atoms with E-state index < -0.39 is 0 Å². The molecule has 0 saturated carbocycles. The van der Waals surface area contributed by atoms with Gasteiger partial charge >= 0.3 is 0 Å². The SMILES string of the molecule is COc1cccc(C2CC(c3ccco3)=NN2c2nc(-c3ccccc3)c3cc(Cl)ccc3n2)c1OC. The van der Waals surface area contributed by atoms with Gasteiger partial charge in [-0.15, -0.1) is 0 Å². The molecule has 2 aromatic heterocycles. The molecule has 5 aromatic rings. The largest absolute Gasteiger partial charge is 0.493 e. The number of para-hydroxylation sites is 1. The lowest BCUT2D eigenvalue weighted by atomic mass is 9.99. The van der Waals surface area contributed by atoms with Crippen molar-refractivity contribution in [3.8, 4) is 22.8 Å². The van der Waals surface area contributed by atoms with E-state index in [-0.39, 0.29) is 6.04 Å². The Hall–Kier alpha value is -4.36. The average Bonchev–Trinajstić information content (AvgIpc) is 3.63. The predicted octanol–water partition coefficient (Wildman–Crippen LogP) is 6.92. The van der Waals surface area contributed by atoms with Crippen LogP contribution in [0.4, 0.5) is 5.95 Å². The van der Waals surface area contributed by atoms with Crippen molar-refractivity contribution >= 4 is 34.2 Å². The topological polar surface area (TPSA) is 73.0 Å². The molecule has 6 rings (SSSR count). The van der Waals surface area contributed by atoms with Crippen LogP contribution in [0.5, 0.6) is 11.5 Å². The number of hydrazone groups is 1. The maximum absolute atomic E-state index is 6.36. The zero-order chi connectivity index (χ0) is 25.4. The Morgan fingerprint density at radius 3 is 2.54 bits per heavy atom. The molecule has 1 aliphatic heterocycles. The van der Waals surface area contributed by atoms with Crippen LogP contribution in [0.1, 0.15) is 23.8 Å². The van der Waals surface area contributed by atoms with Gasteiger partial charge in [0.25, 0.3) is 0 Å². The predicted molar refractivity (Wildman–Crippen MR) is 145 cm³/mol. The zero-order valence-electron chi connectivity index (χ0n) is 20.3. The van der Waals surface area contributed by atoms with Crippen LogP contribution in [0.25, 0.3) is 22.2 Å². The van der Waals surface area contributed by atoms with Gasteiger partial charge in [0.05, 0.1) is 37.7 Å². The van der Waals surface area contributed by atoms with Crippen molar-refractivity contribution < 1.29 is 13.9 Å². The van der Waals surface area contributed by atoms with Crippen molar-refractivity contribution in [2.45, 2.75) is 12.5 Å². The third-order valence-corrected chi connectivity index (χ3v) is 6.64. The van der Waals surface area contributed by atoms with Crippen molar-refractivity contribution in [1.82, 2.24) is 9.97 Å². The molecule has 3 aromatic carbocycles. The van der Waals surface area contributed by atoms with Gasteiger partial charge in [0.2, 0.25) is 5.95 Å². The van der Waals surface area contributed by atoms with E-state index in [0.29, 0.717) is 34.7 Å². The van der Waals surface area contributed by atoms with Crippen molar-refractivity contribution in [3.63, 3.8) is 0 Å². The summed E-state index contributed by atoms with van der Waals surface area (Å²) in [5.74, 6) is 2.45. The van der Waals surface area contributed by atoms with Gasteiger partial charge in [-0.1, -0.05) is 54.1 Å². The highest BCUT2D eigenvalue weighted by atomic mass is 35.5. The van der Waals surface area contributed by atoms with Crippen LogP contribution in [0, 0.1) is 0 Å². The Balaban J connectivity index is 1.56. The van der Waals surface area contributed by atoms with Crippen LogP contribution < -0.4 is 14.5 Å². The molecule has 184 valence electrons. The summed E-state index contributed by atoms with van der Waals surface area (Å²) in [7, 11) is 3.27. The second-order valence-electron chi connectivity index (χ2n) is 8.57. The Labute approximate surface area is 218 Å². The van der Waals surface area contributed by atoms with E-state index in [4.69, 9.17) is 40.6 Å². The molecular formula is C29H23ClN4O3. The number of hydrogen-bond acceptors (Lipinski definition) is 7. The van der Waals surface area contributed by atoms with Crippen molar-refractivity contribution in [2.75, 3.05) is 19.2 Å². The van der Waals surface area contributed by atoms with Crippen LogP contribution in [0.15, 0.2) is 94.6 Å². The number of methoxy groups -OCH3 is 2. The molecule has 0 radical (unpaired) electrons. The fourth-order valence-corrected chi connectivity index (χ4v) is 4.88. The first-order valence-electron chi connectivity index (χ1n) is 11.8. The summed E-state index contributed by atoms with van der Waals surface area (Å²) < 4.78 is 17.1. The molecule has 0 amide bonds. The average molecular weight is 511 g/mol. The number of rotatable bonds is 6. The number of ether oxygens (including phenoxy) is 2. The summed E-state index contributed by atoms with van der Waals surface area (Å²) in [6.45, 7) is 0. The molecular weight excluding hydrogens is 488 g/mol. The zero-order valence-corrected chi connectivity index (χ0v) is 21.0. The third kappa shape index (κ3) is 4.17. The first kappa shape index (κ1) is 23.1. The molecule has 1 unspecified atom stereocenters. The lowest BCUT2D eigenvalue weighted by molar-refractivity contribution is 0.349. The molecule has 0 saturated heterocycles. The summed E-state index contributed by atoms with van der Waals surface area (Å²) in [6, 6.07) is 25.0. The van der Waals surface area contributed by atoms with E-state index in [0.717, 1.165) is 33.4 Å². The maximum atomic E-state index is 6.36. The van der Waals surface area contributed by atoms with Gasteiger partial charge in [-0.2, -0.15) is 5.10 Å². The molecule has 0 N–H and O–H groups in total. The maximum Gasteiger partial charge on any atom is 0.247 e. The molecule has 0 aliphatic carbocycles. The number of furan rings is 1. The molecule has 0 spiro atoms. The third-order valence-electron chi connectivity index (χ3n) is 6.41. The summed E-state index contributed by atoms with van der Waals surface area (Å²) in [4.78, 5) is 9.95. The van der Waals surface area contributed by atoms with Crippen molar-refractivity contribution in [2.24, 2.45) is 5.10 Å². The number of halogens is 1. The number of anilines is 1. The van der Waals surface area contributed by atoms with Crippen LogP contribution in [0.3, 0.4) is 0 Å². The molecule has 1 aliphatic rings. The fourth-order valence-electron chi connectivity index (χ4n) is 4.71. The first-order chi connectivity index (χ1) is 18.2. The van der Waals surface area contributed by atoms with E-state index >= 15 is 0 Å². The minimum Gasteiger partial charge on any atom is -0.493 e. The Kier molecular flexibility index (Phi) is 5.98. The Morgan fingerprint density at radius 2 is 1.78 bits per heavy atom. The van der Waals surface area contributed by atoms with Gasteiger partial charge in [0.15, 0.2) is 11.5 Å². The van der Waals surface area contributed by atoms with Gasteiger partial charge in [-0.3, -0.25) is 0 Å². The summed E-state index contributed by atoms with van der Waals surface area (Å²) in [6.07, 6.45) is 2.21. The highest BCUT2D eigenvalue weighted by molar-refractivity contribution is 6.31. The minimum atomic E-state index is -0.251. The highest BCUT2D eigenvalue weighted by Crippen LogP contribution is 2.43. The van der Waals surface area contributed by atoms with Crippen LogP contribution in [0.2, 0.25) is 5.02 Å². The van der Waals surface area contributed by atoms with Gasteiger partial charge < -0.3 is 13.9 Å². The lowest BCUT2D eigenvalue weighted by Crippen LogP contribution is -2.22. The van der Waals surface area contributed by atoms with Crippen LogP contribution >= 0.6 is 11.6 Å². The summed E-state index contributed by atoms with van der Waals surface area (Å²) in [5.41, 5.74) is 4.21. The summed E-state index contributed by atoms with van der Waals surface area (Å²) >= 11 is 6.36. The fraction of sp³-hybridized carbons (Fsp3) is 0.138. The molecule has 1 atom stereocenters. The van der Waals surface area contributed by atoms with Gasteiger partial charge in [0, 0.05) is 28.0 Å². The molecule has 37 heavy (non-hydrogen) atoms. The lowest BCUT2D eigenvalue weighted by Gasteiger charge is -2.25. The normalized spacial score (nSPS) is 15.2. The number of aromatic nitrogens is 2. The van der Waals surface area contributed by atoms with E-state index in [9.17, 15) is 0 Å². The smallest absolute Gasteiger partial charge is 0.247 e. The first-order valence-corrected chi connectivity index (χ1v) is 12.2. The van der Waals surface area contributed by atoms with E-state index in [2.05, 4.69) is 0 Å². The number of nitrogens with zero attached hydrogens (tertiary/aromatic N) is 4. The monoisotopic (exact) mass is 510 g/mol. The van der Waals surface area contributed by atoms with E-state index in [1.54, 1.807) is 20.5 Å². The molecule has 3 heterocycles. The Bertz CT molecular complexity index is 1600. The van der Waals surface area contributed by atoms with Crippen molar-refractivity contribution in [1.29, 1.82) is 0 Å². The second kappa shape index (κ2) is 9.59. The summed E-state index contributed by atoms with van der Waals surface area (Å²) in [5, 5.41) is 8.29. The number of hydrogen-bond donors (Lipinski definition) is 0. The number of fused-ring (bicyclic) bond motifs is 1. The van der Waals surface area contributed by atoms with Crippen molar-refractivity contribution in [3.05, 3.63) is 101 Å². The molecule has 0 fully saturated rings. The van der Waals surface area contributed by atoms with Gasteiger partial charge in [-0.25, -0.2) is 15.0 Å². The molecule has 0 bridgehead atoms. The second-order valence-corrected chi connectivity index (χ2v) is 9.01. The standard InChI is InChI=1S/C29H23ClN4O3/c1-35-26-11-6-10-20(28(26)36-2)24-17-23(25-12-7-15-37-25)33-34(24)29-31-22-14-13-19(30)16-21(22)27(32-29)18-8-4-3-5-9-18/h3-16,24H,17H2,1-2H3. The van der Waals surface area contributed by atoms with Gasteiger partial charge in [-0.05, 0) is 36.4 Å². The number of benzene rings is 3. The van der Waals surface area contributed by atoms with E-state index in [1.807, 2.05) is 83.9 Å². The van der Waals surface area contributed by atoms with Crippen LogP contribution in [-0.2, 0) is 0 Å².